The maximum absolute atomic E-state index is 12.2. The van der Waals surface area contributed by atoms with Crippen LogP contribution in [0.4, 0.5) is 0 Å². The Balaban J connectivity index is 1.35. The van der Waals surface area contributed by atoms with Crippen LogP contribution in [-0.2, 0) is 24.2 Å². The minimum Gasteiger partial charge on any atom is -0.484 e. The van der Waals surface area contributed by atoms with Gasteiger partial charge in [0.25, 0.3) is 5.91 Å². The summed E-state index contributed by atoms with van der Waals surface area (Å²) in [5, 5.41) is 3.56. The second-order valence-electron chi connectivity index (χ2n) is 7.25. The number of ether oxygens (including phenoxy) is 1. The molecular formula is C25H24ClN3O2. The maximum Gasteiger partial charge on any atom is 0.258 e. The maximum atomic E-state index is 12.2. The van der Waals surface area contributed by atoms with Gasteiger partial charge in [0.1, 0.15) is 11.6 Å². The van der Waals surface area contributed by atoms with Crippen molar-refractivity contribution in [1.29, 1.82) is 0 Å². The quantitative estimate of drug-likeness (QED) is 0.417. The molecule has 0 bridgehead atoms. The molecule has 4 aromatic rings. The number of rotatable bonds is 9. The number of nitrogens with one attached hydrogen (secondary N) is 1. The molecule has 0 aliphatic carbocycles. The Morgan fingerprint density at radius 2 is 1.68 bits per heavy atom. The molecule has 4 rings (SSSR count). The lowest BCUT2D eigenvalue weighted by Gasteiger charge is -2.11. The first-order valence-corrected chi connectivity index (χ1v) is 10.7. The third-order valence-electron chi connectivity index (χ3n) is 5.05. The first-order chi connectivity index (χ1) is 15.2. The van der Waals surface area contributed by atoms with Gasteiger partial charge < -0.3 is 14.6 Å². The molecule has 0 aliphatic rings. The number of benzene rings is 3. The SMILES string of the molecule is O=C(COc1ccc(Cl)cc1)NCCn1c(CCc2ccccc2)nc2ccccc21. The van der Waals surface area contributed by atoms with E-state index in [2.05, 4.69) is 40.2 Å². The molecule has 1 amide bonds. The Bertz CT molecular complexity index is 1140. The van der Waals surface area contributed by atoms with Crippen molar-refractivity contribution in [3.8, 4) is 5.75 Å². The zero-order valence-corrected chi connectivity index (χ0v) is 17.9. The second kappa shape index (κ2) is 10.1. The van der Waals surface area contributed by atoms with E-state index in [-0.39, 0.29) is 12.5 Å². The van der Waals surface area contributed by atoms with Crippen molar-refractivity contribution in [1.82, 2.24) is 14.9 Å². The average Bonchev–Trinajstić information content (AvgIpc) is 3.15. The van der Waals surface area contributed by atoms with E-state index in [0.29, 0.717) is 23.9 Å². The fourth-order valence-electron chi connectivity index (χ4n) is 3.50. The largest absolute Gasteiger partial charge is 0.484 e. The summed E-state index contributed by atoms with van der Waals surface area (Å²) in [5.74, 6) is 1.48. The minimum absolute atomic E-state index is 0.0346. The number of hydrogen-bond donors (Lipinski definition) is 1. The van der Waals surface area contributed by atoms with E-state index in [9.17, 15) is 4.79 Å². The Morgan fingerprint density at radius 3 is 2.48 bits per heavy atom. The zero-order chi connectivity index (χ0) is 21.5. The lowest BCUT2D eigenvalue weighted by atomic mass is 10.1. The predicted molar refractivity (Wildman–Crippen MR) is 124 cm³/mol. The van der Waals surface area contributed by atoms with Crippen LogP contribution >= 0.6 is 11.6 Å². The Hall–Kier alpha value is -3.31. The van der Waals surface area contributed by atoms with Crippen molar-refractivity contribution in [2.75, 3.05) is 13.2 Å². The summed E-state index contributed by atoms with van der Waals surface area (Å²) in [6.45, 7) is 1.12. The molecule has 31 heavy (non-hydrogen) atoms. The van der Waals surface area contributed by atoms with Crippen LogP contribution in [0, 0.1) is 0 Å². The molecule has 0 aliphatic heterocycles. The van der Waals surface area contributed by atoms with Crippen LogP contribution < -0.4 is 10.1 Å². The van der Waals surface area contributed by atoms with Gasteiger partial charge in [0.2, 0.25) is 0 Å². The third-order valence-corrected chi connectivity index (χ3v) is 5.31. The minimum atomic E-state index is -0.162. The predicted octanol–water partition coefficient (Wildman–Crippen LogP) is 4.67. The number of nitrogens with zero attached hydrogens (tertiary/aromatic N) is 2. The zero-order valence-electron chi connectivity index (χ0n) is 17.1. The highest BCUT2D eigenvalue weighted by molar-refractivity contribution is 6.30. The van der Waals surface area contributed by atoms with Gasteiger partial charge in [0.15, 0.2) is 6.61 Å². The molecule has 0 saturated heterocycles. The lowest BCUT2D eigenvalue weighted by molar-refractivity contribution is -0.123. The van der Waals surface area contributed by atoms with Gasteiger partial charge in [0, 0.05) is 24.5 Å². The van der Waals surface area contributed by atoms with E-state index < -0.39 is 0 Å². The van der Waals surface area contributed by atoms with Crippen LogP contribution in [0.2, 0.25) is 5.02 Å². The first kappa shape index (κ1) is 20.9. The Labute approximate surface area is 186 Å². The molecule has 1 heterocycles. The van der Waals surface area contributed by atoms with Gasteiger partial charge >= 0.3 is 0 Å². The summed E-state index contributed by atoms with van der Waals surface area (Å²) in [5.41, 5.74) is 3.34. The fourth-order valence-corrected chi connectivity index (χ4v) is 3.63. The van der Waals surface area contributed by atoms with Crippen molar-refractivity contribution in [3.05, 3.63) is 95.3 Å². The van der Waals surface area contributed by atoms with Crippen LogP contribution in [0.15, 0.2) is 78.9 Å². The van der Waals surface area contributed by atoms with E-state index in [4.69, 9.17) is 21.3 Å². The number of hydrogen-bond acceptors (Lipinski definition) is 3. The molecule has 1 aromatic heterocycles. The summed E-state index contributed by atoms with van der Waals surface area (Å²) in [6.07, 6.45) is 1.76. The smallest absolute Gasteiger partial charge is 0.258 e. The average molecular weight is 434 g/mol. The van der Waals surface area contributed by atoms with Crippen molar-refractivity contribution in [3.63, 3.8) is 0 Å². The van der Waals surface area contributed by atoms with E-state index >= 15 is 0 Å². The fraction of sp³-hybridized carbons (Fsp3) is 0.200. The van der Waals surface area contributed by atoms with Gasteiger partial charge in [0.05, 0.1) is 11.0 Å². The molecule has 0 fully saturated rings. The van der Waals surface area contributed by atoms with Crippen molar-refractivity contribution >= 4 is 28.5 Å². The summed E-state index contributed by atoms with van der Waals surface area (Å²) >= 11 is 5.86. The van der Waals surface area contributed by atoms with E-state index in [0.717, 1.165) is 29.7 Å². The van der Waals surface area contributed by atoms with Crippen LogP contribution in [0.25, 0.3) is 11.0 Å². The second-order valence-corrected chi connectivity index (χ2v) is 7.68. The molecule has 5 nitrogen and oxygen atoms in total. The van der Waals surface area contributed by atoms with Gasteiger partial charge in [-0.3, -0.25) is 4.79 Å². The molecule has 0 unspecified atom stereocenters. The van der Waals surface area contributed by atoms with Gasteiger partial charge in [-0.2, -0.15) is 0 Å². The highest BCUT2D eigenvalue weighted by Gasteiger charge is 2.11. The summed E-state index contributed by atoms with van der Waals surface area (Å²) < 4.78 is 7.70. The third kappa shape index (κ3) is 5.64. The number of aromatic nitrogens is 2. The van der Waals surface area contributed by atoms with Gasteiger partial charge in [-0.25, -0.2) is 4.98 Å². The van der Waals surface area contributed by atoms with E-state index in [1.165, 1.54) is 5.56 Å². The number of aryl methyl sites for hydroxylation is 2. The Kier molecular flexibility index (Phi) is 6.85. The molecule has 0 saturated carbocycles. The summed E-state index contributed by atoms with van der Waals surface area (Å²) in [4.78, 5) is 17.0. The molecule has 6 heteroatoms. The van der Waals surface area contributed by atoms with Crippen LogP contribution in [0.1, 0.15) is 11.4 Å². The lowest BCUT2D eigenvalue weighted by Crippen LogP contribution is -2.31. The first-order valence-electron chi connectivity index (χ1n) is 10.3. The molecule has 0 atom stereocenters. The highest BCUT2D eigenvalue weighted by atomic mass is 35.5. The number of carbonyl (C=O) groups excluding carboxylic acids is 1. The number of amides is 1. The summed E-state index contributed by atoms with van der Waals surface area (Å²) in [7, 11) is 0. The number of fused-ring (bicyclic) bond motifs is 1. The molecule has 0 spiro atoms. The Morgan fingerprint density at radius 1 is 0.935 bits per heavy atom. The number of para-hydroxylation sites is 2. The van der Waals surface area contributed by atoms with Gasteiger partial charge in [-0.05, 0) is 48.4 Å². The number of imidazole rings is 1. The van der Waals surface area contributed by atoms with Gasteiger partial charge in [-0.15, -0.1) is 0 Å². The van der Waals surface area contributed by atoms with Crippen molar-refractivity contribution in [2.24, 2.45) is 0 Å². The monoisotopic (exact) mass is 433 g/mol. The molecular weight excluding hydrogens is 410 g/mol. The number of halogens is 1. The van der Waals surface area contributed by atoms with E-state index in [1.807, 2.05) is 24.3 Å². The molecule has 0 radical (unpaired) electrons. The topological polar surface area (TPSA) is 56.1 Å². The number of carbonyl (C=O) groups is 1. The van der Waals surface area contributed by atoms with Gasteiger partial charge in [-0.1, -0.05) is 54.1 Å². The van der Waals surface area contributed by atoms with Crippen molar-refractivity contribution < 1.29 is 9.53 Å². The molecule has 3 aromatic carbocycles. The molecule has 1 N–H and O–H groups in total. The summed E-state index contributed by atoms with van der Waals surface area (Å²) in [6, 6.07) is 25.5. The standard InChI is InChI=1S/C25H24ClN3O2/c26-20-11-13-21(14-12-20)31-18-25(30)27-16-17-29-23-9-5-4-8-22(23)28-24(29)15-10-19-6-2-1-3-7-19/h1-9,11-14H,10,15-18H2,(H,27,30). The van der Waals surface area contributed by atoms with Crippen LogP contribution in [0.3, 0.4) is 0 Å². The highest BCUT2D eigenvalue weighted by Crippen LogP contribution is 2.18. The van der Waals surface area contributed by atoms with Crippen molar-refractivity contribution in [2.45, 2.75) is 19.4 Å². The van der Waals surface area contributed by atoms with Crippen LogP contribution in [-0.4, -0.2) is 28.6 Å². The molecule has 158 valence electrons. The van der Waals surface area contributed by atoms with E-state index in [1.54, 1.807) is 24.3 Å². The normalized spacial score (nSPS) is 10.9. The van der Waals surface area contributed by atoms with Crippen LogP contribution in [0.5, 0.6) is 5.75 Å².